The molecule has 0 saturated heterocycles. The molecule has 0 heterocycles. The zero-order valence-electron chi connectivity index (χ0n) is 16.4. The van der Waals surface area contributed by atoms with Crippen molar-refractivity contribution in [1.82, 2.24) is 0 Å². The van der Waals surface area contributed by atoms with Gasteiger partial charge in [-0.05, 0) is 0 Å². The van der Waals surface area contributed by atoms with Crippen molar-refractivity contribution < 1.29 is 5.11 Å². The van der Waals surface area contributed by atoms with E-state index in [1.807, 2.05) is 0 Å². The molecule has 0 spiro atoms. The summed E-state index contributed by atoms with van der Waals surface area (Å²) in [6.07, 6.45) is 16.4. The van der Waals surface area contributed by atoms with Crippen LogP contribution in [0.2, 0.25) is 17.7 Å². The minimum absolute atomic E-state index is 0.0243. The molecule has 0 aromatic rings. The predicted octanol–water partition coefficient (Wildman–Crippen LogP) is 7.17. The standard InChI is InChI=1S/C9H17O.3C4H9.Sn/c1-2-9(10)8-6-4-3-5-7-8;3*1-3-4-2;/h8-10H,1-7H2;3*1,3-4H2,2H3;. The van der Waals surface area contributed by atoms with Gasteiger partial charge < -0.3 is 0 Å². The van der Waals surface area contributed by atoms with Crippen LogP contribution in [0.4, 0.5) is 0 Å². The summed E-state index contributed by atoms with van der Waals surface area (Å²) in [5, 5.41) is 10.7. The fourth-order valence-electron chi connectivity index (χ4n) is 4.61. The third kappa shape index (κ3) is 8.61. The molecule has 0 aliphatic heterocycles. The molecule has 1 rings (SSSR count). The zero-order chi connectivity index (χ0) is 17.0. The molecular weight excluding hydrogens is 387 g/mol. The zero-order valence-corrected chi connectivity index (χ0v) is 19.3. The van der Waals surface area contributed by atoms with Crippen molar-refractivity contribution in [3.8, 4) is 0 Å². The summed E-state index contributed by atoms with van der Waals surface area (Å²) in [5.41, 5.74) is 0. The Morgan fingerprint density at radius 3 is 1.70 bits per heavy atom. The molecule has 23 heavy (non-hydrogen) atoms. The molecule has 0 aromatic heterocycles. The van der Waals surface area contributed by atoms with Gasteiger partial charge in [-0.2, -0.15) is 0 Å². The van der Waals surface area contributed by atoms with Gasteiger partial charge in [-0.25, -0.2) is 0 Å². The van der Waals surface area contributed by atoms with E-state index in [2.05, 4.69) is 20.8 Å². The Hall–Kier alpha value is 0.759. The number of hydrogen-bond acceptors (Lipinski definition) is 1. The maximum absolute atomic E-state index is 10.7. The molecule has 0 aromatic carbocycles. The van der Waals surface area contributed by atoms with Gasteiger partial charge in [-0.15, -0.1) is 0 Å². The van der Waals surface area contributed by atoms with Gasteiger partial charge in [-0.3, -0.25) is 0 Å². The van der Waals surface area contributed by atoms with Gasteiger partial charge in [-0.1, -0.05) is 0 Å². The van der Waals surface area contributed by atoms with E-state index in [1.54, 1.807) is 13.3 Å². The number of hydrogen-bond donors (Lipinski definition) is 1. The molecule has 0 amide bonds. The fraction of sp³-hybridized carbons (Fsp3) is 1.00. The van der Waals surface area contributed by atoms with E-state index in [-0.39, 0.29) is 6.10 Å². The van der Waals surface area contributed by atoms with Crippen molar-refractivity contribution in [2.24, 2.45) is 5.92 Å². The quantitative estimate of drug-likeness (QED) is 0.307. The number of aliphatic hydroxyl groups excluding tert-OH is 1. The van der Waals surface area contributed by atoms with E-state index >= 15 is 0 Å². The molecule has 0 bridgehead atoms. The van der Waals surface area contributed by atoms with Crippen molar-refractivity contribution >= 4 is 18.4 Å². The Morgan fingerprint density at radius 1 is 0.783 bits per heavy atom. The monoisotopic (exact) mass is 432 g/mol. The molecule has 1 saturated carbocycles. The van der Waals surface area contributed by atoms with Gasteiger partial charge in [0.25, 0.3) is 0 Å². The van der Waals surface area contributed by atoms with E-state index in [0.717, 1.165) is 6.42 Å². The second kappa shape index (κ2) is 13.0. The van der Waals surface area contributed by atoms with Crippen LogP contribution in [-0.2, 0) is 0 Å². The second-order valence-electron chi connectivity index (χ2n) is 8.31. The molecule has 1 nitrogen and oxygen atoms in total. The van der Waals surface area contributed by atoms with Gasteiger partial charge in [0.05, 0.1) is 0 Å². The van der Waals surface area contributed by atoms with E-state index < -0.39 is 18.4 Å². The SMILES string of the molecule is CCC[CH2][Sn]([CH2]CCC)([CH2]CCC)[CH2]CC(O)C1CCCCC1. The summed E-state index contributed by atoms with van der Waals surface area (Å²) in [6.45, 7) is 7.06. The summed E-state index contributed by atoms with van der Waals surface area (Å²) >= 11 is -2.00. The molecule has 1 unspecified atom stereocenters. The van der Waals surface area contributed by atoms with Crippen LogP contribution in [0.1, 0.15) is 97.8 Å². The third-order valence-electron chi connectivity index (χ3n) is 6.35. The van der Waals surface area contributed by atoms with Gasteiger partial charge in [0.1, 0.15) is 0 Å². The first-order valence-corrected chi connectivity index (χ1v) is 18.9. The summed E-state index contributed by atoms with van der Waals surface area (Å²) in [7, 11) is 0. The molecule has 0 radical (unpaired) electrons. The van der Waals surface area contributed by atoms with Crippen LogP contribution in [0.5, 0.6) is 0 Å². The molecule has 1 aliphatic carbocycles. The van der Waals surface area contributed by atoms with Crippen LogP contribution in [0.15, 0.2) is 0 Å². The van der Waals surface area contributed by atoms with Gasteiger partial charge in [0.2, 0.25) is 0 Å². The molecule has 1 N–H and O–H groups in total. The molecule has 138 valence electrons. The Bertz CT molecular complexity index is 251. The van der Waals surface area contributed by atoms with Crippen LogP contribution < -0.4 is 0 Å². The predicted molar refractivity (Wildman–Crippen MR) is 107 cm³/mol. The van der Waals surface area contributed by atoms with Crippen LogP contribution >= 0.6 is 0 Å². The van der Waals surface area contributed by atoms with E-state index in [0.29, 0.717) is 5.92 Å². The minimum atomic E-state index is -2.00. The van der Waals surface area contributed by atoms with Crippen LogP contribution in [0, 0.1) is 5.92 Å². The summed E-state index contributed by atoms with van der Waals surface area (Å²) in [6, 6.07) is 0. The van der Waals surface area contributed by atoms with Crippen molar-refractivity contribution in [2.75, 3.05) is 0 Å². The first kappa shape index (κ1) is 21.8. The van der Waals surface area contributed by atoms with Gasteiger partial charge in [0, 0.05) is 0 Å². The Morgan fingerprint density at radius 2 is 1.26 bits per heavy atom. The summed E-state index contributed by atoms with van der Waals surface area (Å²) in [5.74, 6) is 0.635. The number of unbranched alkanes of at least 4 members (excludes halogenated alkanes) is 3. The molecule has 2 heteroatoms. The average Bonchev–Trinajstić information content (AvgIpc) is 2.61. The first-order chi connectivity index (χ1) is 11.2. The second-order valence-corrected chi connectivity index (χ2v) is 22.6. The normalized spacial score (nSPS) is 18.3. The average molecular weight is 431 g/mol. The van der Waals surface area contributed by atoms with Crippen molar-refractivity contribution in [3.63, 3.8) is 0 Å². The number of rotatable bonds is 13. The maximum atomic E-state index is 10.7. The fourth-order valence-corrected chi connectivity index (χ4v) is 20.9. The van der Waals surface area contributed by atoms with Crippen LogP contribution in [0.3, 0.4) is 0 Å². The van der Waals surface area contributed by atoms with Crippen LogP contribution in [-0.4, -0.2) is 29.6 Å². The Balaban J connectivity index is 2.59. The van der Waals surface area contributed by atoms with Crippen molar-refractivity contribution in [3.05, 3.63) is 0 Å². The van der Waals surface area contributed by atoms with Gasteiger partial charge in [0.15, 0.2) is 0 Å². The number of aliphatic hydroxyl groups is 1. The van der Waals surface area contributed by atoms with Gasteiger partial charge >= 0.3 is 151 Å². The third-order valence-corrected chi connectivity index (χ3v) is 22.3. The summed E-state index contributed by atoms with van der Waals surface area (Å²) in [4.78, 5) is 0. The first-order valence-electron chi connectivity index (χ1n) is 10.9. The summed E-state index contributed by atoms with van der Waals surface area (Å²) < 4.78 is 6.28. The van der Waals surface area contributed by atoms with E-state index in [1.165, 1.54) is 75.1 Å². The topological polar surface area (TPSA) is 20.2 Å². The molecule has 1 fully saturated rings. The van der Waals surface area contributed by atoms with Crippen molar-refractivity contribution in [1.29, 1.82) is 0 Å². The Kier molecular flexibility index (Phi) is 12.3. The van der Waals surface area contributed by atoms with E-state index in [9.17, 15) is 5.11 Å². The molecular formula is C21H44OSn. The van der Waals surface area contributed by atoms with E-state index in [4.69, 9.17) is 0 Å². The van der Waals surface area contributed by atoms with Crippen molar-refractivity contribution in [2.45, 2.75) is 122 Å². The Labute approximate surface area is 150 Å². The molecule has 1 aliphatic rings. The molecule has 1 atom stereocenters. The van der Waals surface area contributed by atoms with Crippen LogP contribution in [0.25, 0.3) is 0 Å².